The molecule has 4 rings (SSSR count). The molecule has 0 aliphatic heterocycles. The van der Waals surface area contributed by atoms with E-state index in [1.54, 1.807) is 60.8 Å². The highest BCUT2D eigenvalue weighted by molar-refractivity contribution is 5.94. The summed E-state index contributed by atoms with van der Waals surface area (Å²) in [5, 5.41) is 5.15. The quantitative estimate of drug-likeness (QED) is 0.484. The first-order valence-corrected chi connectivity index (χ1v) is 9.61. The molecular weight excluding hydrogens is 430 g/mol. The van der Waals surface area contributed by atoms with Crippen LogP contribution >= 0.6 is 0 Å². The van der Waals surface area contributed by atoms with E-state index < -0.39 is 12.2 Å². The largest absolute Gasteiger partial charge is 0.438 e. The molecule has 0 radical (unpaired) electrons. The van der Waals surface area contributed by atoms with Gasteiger partial charge in [-0.15, -0.1) is 0 Å². The summed E-state index contributed by atoms with van der Waals surface area (Å²) in [6, 6.07) is 16.1. The van der Waals surface area contributed by atoms with Crippen molar-refractivity contribution in [2.24, 2.45) is 0 Å². The Morgan fingerprint density at radius 2 is 1.64 bits per heavy atom. The Bertz CT molecular complexity index is 1320. The standard InChI is InChI=1S/C22H17N5O6/c1-23-20(28)27-11-10-15-16(27)8-5-9-17(15)32-18-12-19(25-13-24-18)33-22(30)26-21(29)31-14-6-3-2-4-7-14/h2-13H,1H3,(H,23,28)(H,26,29,30). The number of carbonyl (C=O) groups excluding carboxylic acids is 3. The summed E-state index contributed by atoms with van der Waals surface area (Å²) in [4.78, 5) is 43.6. The molecule has 2 heterocycles. The second kappa shape index (κ2) is 9.47. The summed E-state index contributed by atoms with van der Waals surface area (Å²) in [5.74, 6) is 0.621. The molecule has 11 heteroatoms. The molecule has 0 saturated heterocycles. The van der Waals surface area contributed by atoms with Gasteiger partial charge in [-0.2, -0.15) is 0 Å². The molecule has 0 aliphatic rings. The molecule has 2 aromatic carbocycles. The molecule has 3 amide bonds. The van der Waals surface area contributed by atoms with Crippen molar-refractivity contribution in [3.8, 4) is 23.3 Å². The number of carbonyl (C=O) groups is 3. The Morgan fingerprint density at radius 1 is 0.879 bits per heavy atom. The first-order valence-electron chi connectivity index (χ1n) is 9.61. The van der Waals surface area contributed by atoms with Gasteiger partial charge in [0.2, 0.25) is 11.8 Å². The van der Waals surface area contributed by atoms with E-state index in [1.807, 2.05) is 5.32 Å². The number of rotatable bonds is 4. The van der Waals surface area contributed by atoms with Gasteiger partial charge in [-0.1, -0.05) is 24.3 Å². The molecule has 0 atom stereocenters. The summed E-state index contributed by atoms with van der Waals surface area (Å²) in [6.07, 6.45) is 0.647. The Balaban J connectivity index is 1.43. The minimum absolute atomic E-state index is 0.0832. The summed E-state index contributed by atoms with van der Waals surface area (Å²) in [5.41, 5.74) is 0.633. The summed E-state index contributed by atoms with van der Waals surface area (Å²) < 4.78 is 17.2. The predicted octanol–water partition coefficient (Wildman–Crippen LogP) is 3.70. The molecule has 11 nitrogen and oxygen atoms in total. The van der Waals surface area contributed by atoms with Crippen molar-refractivity contribution in [1.29, 1.82) is 0 Å². The number of aromatic nitrogens is 3. The maximum atomic E-state index is 12.0. The highest BCUT2D eigenvalue weighted by Crippen LogP contribution is 2.30. The minimum Gasteiger partial charge on any atom is -0.438 e. The second-order valence-electron chi connectivity index (χ2n) is 6.44. The smallest absolute Gasteiger partial charge is 0.423 e. The molecular formula is C22H17N5O6. The SMILES string of the molecule is CNC(=O)n1ccc2c(Oc3cc(OC(=O)NC(=O)Oc4ccccc4)ncn3)cccc21. The van der Waals surface area contributed by atoms with Gasteiger partial charge in [-0.05, 0) is 30.3 Å². The Morgan fingerprint density at radius 3 is 2.42 bits per heavy atom. The average Bonchev–Trinajstić information content (AvgIpc) is 3.24. The highest BCUT2D eigenvalue weighted by atomic mass is 16.6. The number of fused-ring (bicyclic) bond motifs is 1. The molecule has 0 aliphatic carbocycles. The van der Waals surface area contributed by atoms with E-state index in [2.05, 4.69) is 15.3 Å². The van der Waals surface area contributed by atoms with Gasteiger partial charge in [0.25, 0.3) is 0 Å². The average molecular weight is 447 g/mol. The number of nitrogens with one attached hydrogen (secondary N) is 2. The van der Waals surface area contributed by atoms with Crippen molar-refractivity contribution in [2.45, 2.75) is 0 Å². The minimum atomic E-state index is -1.09. The number of ether oxygens (including phenoxy) is 3. The van der Waals surface area contributed by atoms with Crippen LogP contribution in [0.25, 0.3) is 10.9 Å². The summed E-state index contributed by atoms with van der Waals surface area (Å²) in [6.45, 7) is 0. The third-order valence-corrected chi connectivity index (χ3v) is 4.31. The van der Waals surface area contributed by atoms with Crippen molar-refractivity contribution in [2.75, 3.05) is 7.05 Å². The van der Waals surface area contributed by atoms with E-state index in [0.29, 0.717) is 16.7 Å². The Kier molecular flexibility index (Phi) is 6.12. The molecule has 0 saturated carbocycles. The van der Waals surface area contributed by atoms with Gasteiger partial charge in [0.15, 0.2) is 0 Å². The maximum absolute atomic E-state index is 12.0. The van der Waals surface area contributed by atoms with Gasteiger partial charge >= 0.3 is 18.2 Å². The summed E-state index contributed by atoms with van der Waals surface area (Å²) >= 11 is 0. The third-order valence-electron chi connectivity index (χ3n) is 4.31. The molecule has 0 bridgehead atoms. The number of para-hydroxylation sites is 1. The van der Waals surface area contributed by atoms with Crippen LogP contribution in [0.4, 0.5) is 14.4 Å². The lowest BCUT2D eigenvalue weighted by atomic mass is 10.2. The molecule has 0 unspecified atom stereocenters. The van der Waals surface area contributed by atoms with Gasteiger partial charge in [0.1, 0.15) is 17.8 Å². The lowest BCUT2D eigenvalue weighted by Crippen LogP contribution is -2.35. The Hall–Kier alpha value is -4.93. The van der Waals surface area contributed by atoms with Gasteiger partial charge in [-0.25, -0.2) is 29.7 Å². The number of amides is 3. The van der Waals surface area contributed by atoms with Crippen LogP contribution < -0.4 is 24.8 Å². The predicted molar refractivity (Wildman–Crippen MR) is 116 cm³/mol. The topological polar surface area (TPSA) is 134 Å². The van der Waals surface area contributed by atoms with Gasteiger partial charge in [-0.3, -0.25) is 4.57 Å². The first kappa shape index (κ1) is 21.3. The highest BCUT2D eigenvalue weighted by Gasteiger charge is 2.15. The third kappa shape index (κ3) is 5.05. The van der Waals surface area contributed by atoms with E-state index in [1.165, 1.54) is 17.7 Å². The zero-order valence-corrected chi connectivity index (χ0v) is 17.2. The van der Waals surface area contributed by atoms with Crippen LogP contribution in [0.3, 0.4) is 0 Å². The normalized spacial score (nSPS) is 10.3. The second-order valence-corrected chi connectivity index (χ2v) is 6.44. The molecule has 33 heavy (non-hydrogen) atoms. The molecule has 2 N–H and O–H groups in total. The van der Waals surface area contributed by atoms with E-state index in [4.69, 9.17) is 14.2 Å². The van der Waals surface area contributed by atoms with Gasteiger partial charge in [0.05, 0.1) is 11.6 Å². The molecule has 4 aromatic rings. The fourth-order valence-electron chi connectivity index (χ4n) is 2.90. The fraction of sp³-hybridized carbons (Fsp3) is 0.0455. The zero-order valence-electron chi connectivity index (χ0n) is 17.2. The van der Waals surface area contributed by atoms with E-state index in [-0.39, 0.29) is 23.5 Å². The van der Waals surface area contributed by atoms with Crippen LogP contribution in [0.5, 0.6) is 23.3 Å². The molecule has 2 aromatic heterocycles. The van der Waals surface area contributed by atoms with Crippen molar-refractivity contribution >= 4 is 29.1 Å². The summed E-state index contributed by atoms with van der Waals surface area (Å²) in [7, 11) is 1.54. The molecule has 0 fully saturated rings. The van der Waals surface area contributed by atoms with Gasteiger partial charge in [0, 0.05) is 18.6 Å². The number of imide groups is 1. The lowest BCUT2D eigenvalue weighted by Gasteiger charge is -2.09. The number of benzene rings is 2. The van der Waals surface area contributed by atoms with Crippen LogP contribution in [0.15, 0.2) is 73.2 Å². The first-order chi connectivity index (χ1) is 16.0. The van der Waals surface area contributed by atoms with Crippen molar-refractivity contribution in [3.63, 3.8) is 0 Å². The number of hydrogen-bond acceptors (Lipinski definition) is 8. The van der Waals surface area contributed by atoms with Crippen LogP contribution in [0.1, 0.15) is 0 Å². The van der Waals surface area contributed by atoms with E-state index in [9.17, 15) is 14.4 Å². The fourth-order valence-corrected chi connectivity index (χ4v) is 2.90. The van der Waals surface area contributed by atoms with Crippen LogP contribution in [-0.2, 0) is 0 Å². The van der Waals surface area contributed by atoms with Crippen LogP contribution in [0, 0.1) is 0 Å². The van der Waals surface area contributed by atoms with Crippen molar-refractivity contribution < 1.29 is 28.6 Å². The molecule has 166 valence electrons. The monoisotopic (exact) mass is 447 g/mol. The van der Waals surface area contributed by atoms with Crippen LogP contribution in [0.2, 0.25) is 0 Å². The zero-order chi connectivity index (χ0) is 23.2. The van der Waals surface area contributed by atoms with Crippen LogP contribution in [-0.4, -0.2) is 39.8 Å². The number of nitrogens with zero attached hydrogens (tertiary/aromatic N) is 3. The van der Waals surface area contributed by atoms with Crippen molar-refractivity contribution in [1.82, 2.24) is 25.2 Å². The Labute approximate surface area is 186 Å². The van der Waals surface area contributed by atoms with Crippen molar-refractivity contribution in [3.05, 3.63) is 73.2 Å². The lowest BCUT2D eigenvalue weighted by molar-refractivity contribution is 0.180. The van der Waals surface area contributed by atoms with E-state index >= 15 is 0 Å². The number of hydrogen-bond donors (Lipinski definition) is 2. The maximum Gasteiger partial charge on any atom is 0.423 e. The van der Waals surface area contributed by atoms with Gasteiger partial charge < -0.3 is 19.5 Å². The van der Waals surface area contributed by atoms with E-state index in [0.717, 1.165) is 6.33 Å². The molecule has 0 spiro atoms.